The first-order chi connectivity index (χ1) is 7.65. The molecule has 1 aliphatic rings. The highest BCUT2D eigenvalue weighted by atomic mass is 79.9. The molecule has 0 radical (unpaired) electrons. The van der Waals surface area contributed by atoms with E-state index in [1.165, 1.54) is 0 Å². The van der Waals surface area contributed by atoms with Gasteiger partial charge in [0.25, 0.3) is 0 Å². The standard InChI is InChI=1S/C13H15BrO2/c1-9-5-11(8-16-9)13(15)7-10-3-2-4-12(14)6-10/h2-4,6,9,11H,5,7-8H2,1H3. The fourth-order valence-electron chi connectivity index (χ4n) is 2.03. The Hall–Kier alpha value is -0.670. The summed E-state index contributed by atoms with van der Waals surface area (Å²) in [6.07, 6.45) is 1.61. The molecule has 2 atom stereocenters. The summed E-state index contributed by atoms with van der Waals surface area (Å²) in [7, 11) is 0. The quantitative estimate of drug-likeness (QED) is 0.852. The van der Waals surface area contributed by atoms with Gasteiger partial charge in [0.15, 0.2) is 0 Å². The zero-order valence-electron chi connectivity index (χ0n) is 9.28. The molecule has 86 valence electrons. The van der Waals surface area contributed by atoms with E-state index in [-0.39, 0.29) is 12.0 Å². The molecule has 1 heterocycles. The topological polar surface area (TPSA) is 26.3 Å². The third-order valence-corrected chi connectivity index (χ3v) is 3.41. The Labute approximate surface area is 104 Å². The van der Waals surface area contributed by atoms with E-state index in [0.717, 1.165) is 16.5 Å². The molecular weight excluding hydrogens is 268 g/mol. The monoisotopic (exact) mass is 282 g/mol. The predicted octanol–water partition coefficient (Wildman–Crippen LogP) is 2.99. The zero-order chi connectivity index (χ0) is 11.5. The first kappa shape index (κ1) is 11.8. The molecular formula is C13H15BrO2. The van der Waals surface area contributed by atoms with E-state index in [2.05, 4.69) is 15.9 Å². The lowest BCUT2D eigenvalue weighted by Gasteiger charge is -2.06. The minimum Gasteiger partial charge on any atom is -0.378 e. The molecule has 1 aromatic rings. The van der Waals surface area contributed by atoms with Crippen LogP contribution in [0.2, 0.25) is 0 Å². The van der Waals surface area contributed by atoms with Crippen molar-refractivity contribution in [3.8, 4) is 0 Å². The van der Waals surface area contributed by atoms with Gasteiger partial charge < -0.3 is 4.74 Å². The molecule has 1 aromatic carbocycles. The van der Waals surface area contributed by atoms with Crippen LogP contribution in [0.3, 0.4) is 0 Å². The molecule has 0 spiro atoms. The van der Waals surface area contributed by atoms with Gasteiger partial charge in [-0.1, -0.05) is 28.1 Å². The van der Waals surface area contributed by atoms with Crippen molar-refractivity contribution in [3.05, 3.63) is 34.3 Å². The van der Waals surface area contributed by atoms with Crippen molar-refractivity contribution in [1.29, 1.82) is 0 Å². The Morgan fingerprint density at radius 2 is 2.38 bits per heavy atom. The summed E-state index contributed by atoms with van der Waals surface area (Å²) < 4.78 is 6.44. The summed E-state index contributed by atoms with van der Waals surface area (Å²) in [5.74, 6) is 0.386. The third kappa shape index (κ3) is 2.92. The van der Waals surface area contributed by atoms with Crippen molar-refractivity contribution in [3.63, 3.8) is 0 Å². The van der Waals surface area contributed by atoms with Crippen LogP contribution in [0, 0.1) is 5.92 Å². The molecule has 1 fully saturated rings. The molecule has 0 N–H and O–H groups in total. The molecule has 0 aromatic heterocycles. The van der Waals surface area contributed by atoms with Gasteiger partial charge in [-0.2, -0.15) is 0 Å². The van der Waals surface area contributed by atoms with E-state index in [1.54, 1.807) is 0 Å². The van der Waals surface area contributed by atoms with Gasteiger partial charge >= 0.3 is 0 Å². The van der Waals surface area contributed by atoms with E-state index >= 15 is 0 Å². The average molecular weight is 283 g/mol. The smallest absolute Gasteiger partial charge is 0.142 e. The van der Waals surface area contributed by atoms with E-state index in [0.29, 0.717) is 18.8 Å². The Kier molecular flexibility index (Phi) is 3.77. The van der Waals surface area contributed by atoms with Crippen LogP contribution in [0.5, 0.6) is 0 Å². The predicted molar refractivity (Wildman–Crippen MR) is 66.4 cm³/mol. The molecule has 0 aliphatic carbocycles. The Morgan fingerprint density at radius 3 is 3.00 bits per heavy atom. The average Bonchev–Trinajstić information content (AvgIpc) is 2.65. The molecule has 3 heteroatoms. The van der Waals surface area contributed by atoms with Gasteiger partial charge in [-0.15, -0.1) is 0 Å². The summed E-state index contributed by atoms with van der Waals surface area (Å²) in [5.41, 5.74) is 1.07. The van der Waals surface area contributed by atoms with E-state index in [4.69, 9.17) is 4.74 Å². The highest BCUT2D eigenvalue weighted by Crippen LogP contribution is 2.22. The van der Waals surface area contributed by atoms with Crippen LogP contribution in [-0.4, -0.2) is 18.5 Å². The van der Waals surface area contributed by atoms with Crippen LogP contribution in [-0.2, 0) is 16.0 Å². The van der Waals surface area contributed by atoms with Crippen LogP contribution in [0.15, 0.2) is 28.7 Å². The van der Waals surface area contributed by atoms with Gasteiger partial charge in [0.2, 0.25) is 0 Å². The van der Waals surface area contributed by atoms with E-state index < -0.39 is 0 Å². The van der Waals surface area contributed by atoms with Crippen molar-refractivity contribution >= 4 is 21.7 Å². The SMILES string of the molecule is CC1CC(C(=O)Cc2cccc(Br)c2)CO1. The summed E-state index contributed by atoms with van der Waals surface area (Å²) in [6.45, 7) is 2.61. The maximum absolute atomic E-state index is 12.0. The fourth-order valence-corrected chi connectivity index (χ4v) is 2.48. The molecule has 0 amide bonds. The fraction of sp³-hybridized carbons (Fsp3) is 0.462. The summed E-state index contributed by atoms with van der Waals surface area (Å²) in [4.78, 5) is 12.0. The largest absolute Gasteiger partial charge is 0.378 e. The molecule has 2 nitrogen and oxygen atoms in total. The number of ketones is 1. The number of carbonyl (C=O) groups excluding carboxylic acids is 1. The maximum Gasteiger partial charge on any atom is 0.142 e. The van der Waals surface area contributed by atoms with Crippen LogP contribution in [0.1, 0.15) is 18.9 Å². The van der Waals surface area contributed by atoms with Crippen molar-refractivity contribution in [2.24, 2.45) is 5.92 Å². The lowest BCUT2D eigenvalue weighted by Crippen LogP contribution is -2.16. The molecule has 0 bridgehead atoms. The molecule has 1 saturated heterocycles. The number of Topliss-reactive ketones (excluding diaryl/α,β-unsaturated/α-hetero) is 1. The van der Waals surface area contributed by atoms with Gasteiger partial charge in [0.05, 0.1) is 12.7 Å². The first-order valence-electron chi connectivity index (χ1n) is 5.54. The minimum atomic E-state index is 0.0916. The highest BCUT2D eigenvalue weighted by molar-refractivity contribution is 9.10. The van der Waals surface area contributed by atoms with Crippen molar-refractivity contribution in [2.75, 3.05) is 6.61 Å². The Balaban J connectivity index is 1.97. The van der Waals surface area contributed by atoms with Crippen LogP contribution < -0.4 is 0 Å². The van der Waals surface area contributed by atoms with Crippen LogP contribution in [0.25, 0.3) is 0 Å². The molecule has 0 saturated carbocycles. The van der Waals surface area contributed by atoms with Gasteiger partial charge in [-0.05, 0) is 31.0 Å². The number of hydrogen-bond acceptors (Lipinski definition) is 2. The van der Waals surface area contributed by atoms with Gasteiger partial charge in [0, 0.05) is 16.8 Å². The van der Waals surface area contributed by atoms with Crippen molar-refractivity contribution in [1.82, 2.24) is 0 Å². The number of carbonyl (C=O) groups is 1. The summed E-state index contributed by atoms with van der Waals surface area (Å²) in [6, 6.07) is 7.91. The number of benzene rings is 1. The zero-order valence-corrected chi connectivity index (χ0v) is 10.9. The Morgan fingerprint density at radius 1 is 1.56 bits per heavy atom. The number of rotatable bonds is 3. The van der Waals surface area contributed by atoms with Gasteiger partial charge in [0.1, 0.15) is 5.78 Å². The maximum atomic E-state index is 12.0. The Bertz CT molecular complexity index is 389. The van der Waals surface area contributed by atoms with Crippen LogP contribution in [0.4, 0.5) is 0 Å². The van der Waals surface area contributed by atoms with Crippen molar-refractivity contribution < 1.29 is 9.53 Å². The second kappa shape index (κ2) is 5.11. The summed E-state index contributed by atoms with van der Waals surface area (Å²) in [5, 5.41) is 0. The normalized spacial score (nSPS) is 24.6. The van der Waals surface area contributed by atoms with Crippen molar-refractivity contribution in [2.45, 2.75) is 25.9 Å². The lowest BCUT2D eigenvalue weighted by atomic mass is 9.96. The third-order valence-electron chi connectivity index (χ3n) is 2.92. The lowest BCUT2D eigenvalue weighted by molar-refractivity contribution is -0.122. The number of ether oxygens (including phenoxy) is 1. The molecule has 1 aliphatic heterocycles. The first-order valence-corrected chi connectivity index (χ1v) is 6.33. The molecule has 16 heavy (non-hydrogen) atoms. The van der Waals surface area contributed by atoms with Gasteiger partial charge in [-0.25, -0.2) is 0 Å². The van der Waals surface area contributed by atoms with E-state index in [9.17, 15) is 4.79 Å². The highest BCUT2D eigenvalue weighted by Gasteiger charge is 2.27. The second-order valence-electron chi connectivity index (χ2n) is 4.35. The molecule has 2 rings (SSSR count). The minimum absolute atomic E-state index is 0.0916. The summed E-state index contributed by atoms with van der Waals surface area (Å²) >= 11 is 3.41. The number of hydrogen-bond donors (Lipinski definition) is 0. The van der Waals surface area contributed by atoms with E-state index in [1.807, 2.05) is 31.2 Å². The number of halogens is 1. The molecule has 2 unspecified atom stereocenters. The second-order valence-corrected chi connectivity index (χ2v) is 5.27. The van der Waals surface area contributed by atoms with Crippen LogP contribution >= 0.6 is 15.9 Å². The van der Waals surface area contributed by atoms with Gasteiger partial charge in [-0.3, -0.25) is 4.79 Å².